The number of hydrogen-bond acceptors (Lipinski definition) is 3. The molecule has 106 valence electrons. The molecule has 5 heteroatoms. The Morgan fingerprint density at radius 3 is 2.30 bits per heavy atom. The number of halogens is 2. The molecule has 0 radical (unpaired) electrons. The van der Waals surface area contributed by atoms with E-state index in [1.165, 1.54) is 5.56 Å². The van der Waals surface area contributed by atoms with Crippen LogP contribution in [0.2, 0.25) is 0 Å². The maximum absolute atomic E-state index is 6.03. The molecule has 0 bridgehead atoms. The van der Waals surface area contributed by atoms with Crippen molar-refractivity contribution in [2.75, 3.05) is 5.73 Å². The van der Waals surface area contributed by atoms with Crippen molar-refractivity contribution in [2.24, 2.45) is 0 Å². The third-order valence-corrected chi connectivity index (χ3v) is 4.50. The molecule has 0 saturated heterocycles. The lowest BCUT2D eigenvalue weighted by Crippen LogP contribution is -2.19. The zero-order valence-electron chi connectivity index (χ0n) is 11.7. The lowest BCUT2D eigenvalue weighted by molar-refractivity contribution is 0.559. The highest BCUT2D eigenvalue weighted by molar-refractivity contribution is 14.1. The van der Waals surface area contributed by atoms with Crippen LogP contribution in [0.15, 0.2) is 28.7 Å². The van der Waals surface area contributed by atoms with Gasteiger partial charge in [-0.1, -0.05) is 48.8 Å². The Kier molecular flexibility index (Phi) is 4.69. The van der Waals surface area contributed by atoms with E-state index in [2.05, 4.69) is 76.4 Å². The summed E-state index contributed by atoms with van der Waals surface area (Å²) in [6.45, 7) is 6.42. The Hall–Kier alpha value is -0.690. The molecule has 1 heterocycles. The van der Waals surface area contributed by atoms with E-state index in [1.54, 1.807) is 0 Å². The SMILES string of the molecule is CC(C)(C)c1nc(Cc2ccc(Br)cc2)nc(N)c1I. The number of rotatable bonds is 2. The summed E-state index contributed by atoms with van der Waals surface area (Å²) < 4.78 is 2.02. The molecule has 0 unspecified atom stereocenters. The number of nitrogens with zero attached hydrogens (tertiary/aromatic N) is 2. The summed E-state index contributed by atoms with van der Waals surface area (Å²) >= 11 is 5.66. The molecule has 1 aromatic carbocycles. The summed E-state index contributed by atoms with van der Waals surface area (Å²) in [6.07, 6.45) is 0.692. The predicted octanol–water partition coefficient (Wildman–Crippen LogP) is 4.31. The number of anilines is 1. The van der Waals surface area contributed by atoms with E-state index >= 15 is 0 Å². The number of hydrogen-bond donors (Lipinski definition) is 1. The summed E-state index contributed by atoms with van der Waals surface area (Å²) in [6, 6.07) is 8.18. The summed E-state index contributed by atoms with van der Waals surface area (Å²) in [7, 11) is 0. The number of nitrogen functional groups attached to an aromatic ring is 1. The quantitative estimate of drug-likeness (QED) is 0.700. The van der Waals surface area contributed by atoms with Crippen molar-refractivity contribution in [3.05, 3.63) is 49.4 Å². The fourth-order valence-corrected chi connectivity index (χ4v) is 3.19. The topological polar surface area (TPSA) is 51.8 Å². The van der Waals surface area contributed by atoms with Crippen LogP contribution >= 0.6 is 38.5 Å². The van der Waals surface area contributed by atoms with Crippen molar-refractivity contribution >= 4 is 44.3 Å². The van der Waals surface area contributed by atoms with Crippen LogP contribution in [0.1, 0.15) is 37.9 Å². The van der Waals surface area contributed by atoms with E-state index in [0.717, 1.165) is 19.6 Å². The maximum Gasteiger partial charge on any atom is 0.140 e. The van der Waals surface area contributed by atoms with Gasteiger partial charge in [0.2, 0.25) is 0 Å². The minimum atomic E-state index is -0.0396. The predicted molar refractivity (Wildman–Crippen MR) is 94.8 cm³/mol. The molecule has 2 aromatic rings. The molecule has 1 aromatic heterocycles. The number of aromatic nitrogens is 2. The summed E-state index contributed by atoms with van der Waals surface area (Å²) in [5.41, 5.74) is 8.18. The molecule has 0 fully saturated rings. The molecule has 0 atom stereocenters. The maximum atomic E-state index is 6.03. The molecule has 2 rings (SSSR count). The average molecular weight is 446 g/mol. The fourth-order valence-electron chi connectivity index (χ4n) is 1.87. The van der Waals surface area contributed by atoms with Gasteiger partial charge in [0.05, 0.1) is 9.26 Å². The van der Waals surface area contributed by atoms with Gasteiger partial charge >= 0.3 is 0 Å². The first-order valence-electron chi connectivity index (χ1n) is 6.34. The van der Waals surface area contributed by atoms with Crippen LogP contribution < -0.4 is 5.73 Å². The molecular formula is C15H17BrIN3. The average Bonchev–Trinajstić information content (AvgIpc) is 2.35. The van der Waals surface area contributed by atoms with Crippen molar-refractivity contribution in [3.63, 3.8) is 0 Å². The van der Waals surface area contributed by atoms with E-state index < -0.39 is 0 Å². The van der Waals surface area contributed by atoms with Gasteiger partial charge in [-0.15, -0.1) is 0 Å². The minimum Gasteiger partial charge on any atom is -0.383 e. The van der Waals surface area contributed by atoms with Crippen molar-refractivity contribution in [1.82, 2.24) is 9.97 Å². The third-order valence-electron chi connectivity index (χ3n) is 2.91. The van der Waals surface area contributed by atoms with Crippen LogP contribution in [0.4, 0.5) is 5.82 Å². The van der Waals surface area contributed by atoms with Crippen molar-refractivity contribution in [3.8, 4) is 0 Å². The molecule has 0 aliphatic heterocycles. The molecule has 0 aliphatic rings. The van der Waals surface area contributed by atoms with Crippen LogP contribution in [-0.2, 0) is 11.8 Å². The minimum absolute atomic E-state index is 0.0396. The first-order valence-corrected chi connectivity index (χ1v) is 8.21. The molecule has 0 amide bonds. The van der Waals surface area contributed by atoms with Gasteiger partial charge in [-0.3, -0.25) is 0 Å². The zero-order chi connectivity index (χ0) is 14.9. The fraction of sp³-hybridized carbons (Fsp3) is 0.333. The first kappa shape index (κ1) is 15.7. The third kappa shape index (κ3) is 3.69. The second kappa shape index (κ2) is 5.97. The van der Waals surface area contributed by atoms with Gasteiger partial charge < -0.3 is 5.73 Å². The van der Waals surface area contributed by atoms with Crippen LogP contribution in [0.3, 0.4) is 0 Å². The largest absolute Gasteiger partial charge is 0.383 e. The highest BCUT2D eigenvalue weighted by Gasteiger charge is 2.22. The summed E-state index contributed by atoms with van der Waals surface area (Å²) in [4.78, 5) is 9.12. The molecule has 2 N–H and O–H groups in total. The van der Waals surface area contributed by atoms with Crippen LogP contribution in [-0.4, -0.2) is 9.97 Å². The zero-order valence-corrected chi connectivity index (χ0v) is 15.5. The van der Waals surface area contributed by atoms with Gasteiger partial charge in [0, 0.05) is 16.3 Å². The second-order valence-corrected chi connectivity index (χ2v) is 7.74. The van der Waals surface area contributed by atoms with Gasteiger partial charge in [-0.2, -0.15) is 0 Å². The van der Waals surface area contributed by atoms with Gasteiger partial charge in [0.1, 0.15) is 11.6 Å². The normalized spacial score (nSPS) is 11.7. The van der Waals surface area contributed by atoms with Crippen LogP contribution in [0.5, 0.6) is 0 Å². The first-order chi connectivity index (χ1) is 9.27. The van der Waals surface area contributed by atoms with E-state index in [4.69, 9.17) is 10.7 Å². The van der Waals surface area contributed by atoms with E-state index in [0.29, 0.717) is 12.2 Å². The Morgan fingerprint density at radius 2 is 1.75 bits per heavy atom. The molecule has 0 saturated carbocycles. The van der Waals surface area contributed by atoms with Gasteiger partial charge in [0.25, 0.3) is 0 Å². The molecule has 0 spiro atoms. The van der Waals surface area contributed by atoms with Crippen molar-refractivity contribution < 1.29 is 0 Å². The molecule has 3 nitrogen and oxygen atoms in total. The van der Waals surface area contributed by atoms with Crippen molar-refractivity contribution in [2.45, 2.75) is 32.6 Å². The lowest BCUT2D eigenvalue weighted by Gasteiger charge is -2.21. The van der Waals surface area contributed by atoms with Gasteiger partial charge in [0.15, 0.2) is 0 Å². The van der Waals surface area contributed by atoms with Crippen LogP contribution in [0.25, 0.3) is 0 Å². The van der Waals surface area contributed by atoms with Crippen LogP contribution in [0, 0.1) is 3.57 Å². The Labute approximate surface area is 141 Å². The number of nitrogens with two attached hydrogens (primary N) is 1. The van der Waals surface area contributed by atoms with Crippen molar-refractivity contribution in [1.29, 1.82) is 0 Å². The molecule has 0 aliphatic carbocycles. The van der Waals surface area contributed by atoms with Gasteiger partial charge in [-0.25, -0.2) is 9.97 Å². The number of benzene rings is 1. The lowest BCUT2D eigenvalue weighted by atomic mass is 9.92. The molecule has 20 heavy (non-hydrogen) atoms. The van der Waals surface area contributed by atoms with Gasteiger partial charge in [-0.05, 0) is 40.3 Å². The van der Waals surface area contributed by atoms with E-state index in [-0.39, 0.29) is 5.41 Å². The standard InChI is InChI=1S/C15H17BrIN3/c1-15(2,3)13-12(17)14(18)20-11(19-13)8-9-4-6-10(16)7-5-9/h4-7H,8H2,1-3H3,(H2,18,19,20). The smallest absolute Gasteiger partial charge is 0.140 e. The Balaban J connectivity index is 2.38. The van der Waals surface area contributed by atoms with E-state index in [1.807, 2.05) is 12.1 Å². The summed E-state index contributed by atoms with van der Waals surface area (Å²) in [5.74, 6) is 1.34. The second-order valence-electron chi connectivity index (χ2n) is 5.74. The Bertz CT molecular complexity index is 618. The summed E-state index contributed by atoms with van der Waals surface area (Å²) in [5, 5.41) is 0. The monoisotopic (exact) mass is 445 g/mol. The highest BCUT2D eigenvalue weighted by atomic mass is 127. The highest BCUT2D eigenvalue weighted by Crippen LogP contribution is 2.28. The Morgan fingerprint density at radius 1 is 1.15 bits per heavy atom. The van der Waals surface area contributed by atoms with E-state index in [9.17, 15) is 0 Å². The molecular weight excluding hydrogens is 429 g/mol.